The maximum absolute atomic E-state index is 14.7. The molecular formula is C17H17FOS. The summed E-state index contributed by atoms with van der Waals surface area (Å²) in [7, 11) is 1.73. The van der Waals surface area contributed by atoms with E-state index in [1.165, 1.54) is 11.3 Å². The van der Waals surface area contributed by atoms with Crippen LogP contribution in [0.25, 0.3) is 21.7 Å². The lowest BCUT2D eigenvalue weighted by Gasteiger charge is -2.21. The van der Waals surface area contributed by atoms with Gasteiger partial charge in [-0.15, -0.1) is 11.3 Å². The second-order valence-electron chi connectivity index (χ2n) is 5.06. The zero-order chi connectivity index (χ0) is 14.1. The van der Waals surface area contributed by atoms with Gasteiger partial charge in [-0.3, -0.25) is 0 Å². The van der Waals surface area contributed by atoms with Gasteiger partial charge in [0.25, 0.3) is 0 Å². The van der Waals surface area contributed by atoms with Crippen LogP contribution in [0, 0.1) is 5.82 Å². The van der Waals surface area contributed by atoms with Crippen molar-refractivity contribution >= 4 is 33.1 Å². The minimum Gasteiger partial charge on any atom is -0.381 e. The molecule has 0 radical (unpaired) electrons. The third-order valence-electron chi connectivity index (χ3n) is 3.89. The van der Waals surface area contributed by atoms with Crippen molar-refractivity contribution in [3.05, 3.63) is 47.1 Å². The number of ether oxygens (including phenoxy) is 1. The van der Waals surface area contributed by atoms with Gasteiger partial charge in [0, 0.05) is 17.6 Å². The molecule has 1 aromatic carbocycles. The Labute approximate surface area is 122 Å². The SMILES string of the molecule is C=Cc1cc2ccc(C3=CCC(OC)CC3)c(F)c2s1. The van der Waals surface area contributed by atoms with E-state index >= 15 is 0 Å². The van der Waals surface area contributed by atoms with Gasteiger partial charge in [-0.1, -0.05) is 30.9 Å². The topological polar surface area (TPSA) is 9.23 Å². The van der Waals surface area contributed by atoms with Gasteiger partial charge in [0.1, 0.15) is 5.82 Å². The summed E-state index contributed by atoms with van der Waals surface area (Å²) in [5.41, 5.74) is 1.84. The summed E-state index contributed by atoms with van der Waals surface area (Å²) in [6.45, 7) is 3.75. The van der Waals surface area contributed by atoms with E-state index in [2.05, 4.69) is 12.7 Å². The lowest BCUT2D eigenvalue weighted by atomic mass is 9.91. The van der Waals surface area contributed by atoms with Crippen molar-refractivity contribution < 1.29 is 9.13 Å². The Hall–Kier alpha value is -1.45. The Morgan fingerprint density at radius 2 is 2.30 bits per heavy atom. The third kappa shape index (κ3) is 2.32. The number of hydrogen-bond donors (Lipinski definition) is 0. The van der Waals surface area contributed by atoms with Gasteiger partial charge in [-0.25, -0.2) is 4.39 Å². The van der Waals surface area contributed by atoms with Crippen molar-refractivity contribution in [1.82, 2.24) is 0 Å². The highest BCUT2D eigenvalue weighted by atomic mass is 32.1. The number of rotatable bonds is 3. The molecule has 0 N–H and O–H groups in total. The van der Waals surface area contributed by atoms with Crippen LogP contribution < -0.4 is 0 Å². The molecule has 104 valence electrons. The predicted molar refractivity (Wildman–Crippen MR) is 84.5 cm³/mol. The molecular weight excluding hydrogens is 271 g/mol. The van der Waals surface area contributed by atoms with E-state index in [0.717, 1.165) is 45.4 Å². The first-order valence-electron chi connectivity index (χ1n) is 6.79. The molecule has 0 amide bonds. The molecule has 1 heterocycles. The van der Waals surface area contributed by atoms with E-state index in [-0.39, 0.29) is 11.9 Å². The lowest BCUT2D eigenvalue weighted by Crippen LogP contribution is -2.13. The number of thiophene rings is 1. The van der Waals surface area contributed by atoms with E-state index < -0.39 is 0 Å². The number of fused-ring (bicyclic) bond motifs is 1. The fraction of sp³-hybridized carbons (Fsp3) is 0.294. The number of halogens is 1. The van der Waals surface area contributed by atoms with Crippen LogP contribution >= 0.6 is 11.3 Å². The first kappa shape index (κ1) is 13.5. The van der Waals surface area contributed by atoms with Crippen molar-refractivity contribution in [3.8, 4) is 0 Å². The van der Waals surface area contributed by atoms with Gasteiger partial charge in [0.2, 0.25) is 0 Å². The first-order valence-corrected chi connectivity index (χ1v) is 7.61. The molecule has 1 unspecified atom stereocenters. The van der Waals surface area contributed by atoms with E-state index in [4.69, 9.17) is 4.74 Å². The molecule has 1 aliphatic carbocycles. The fourth-order valence-electron chi connectivity index (χ4n) is 2.71. The molecule has 0 spiro atoms. The largest absolute Gasteiger partial charge is 0.381 e. The maximum Gasteiger partial charge on any atom is 0.148 e. The quantitative estimate of drug-likeness (QED) is 0.748. The standard InChI is InChI=1S/C17H17FOS/c1-3-14-10-12-6-9-15(16(18)17(12)20-14)11-4-7-13(19-2)8-5-11/h3-4,6,9-10,13H,1,5,7-8H2,2H3. The number of benzene rings is 1. The van der Waals surface area contributed by atoms with E-state index in [9.17, 15) is 4.39 Å². The van der Waals surface area contributed by atoms with Crippen LogP contribution in [-0.2, 0) is 4.74 Å². The van der Waals surface area contributed by atoms with Gasteiger partial charge >= 0.3 is 0 Å². The normalized spacial score (nSPS) is 19.1. The summed E-state index contributed by atoms with van der Waals surface area (Å²) < 4.78 is 20.8. The van der Waals surface area contributed by atoms with Gasteiger partial charge in [-0.2, -0.15) is 0 Å². The highest BCUT2D eigenvalue weighted by molar-refractivity contribution is 7.19. The summed E-state index contributed by atoms with van der Waals surface area (Å²) in [6, 6.07) is 5.88. The molecule has 1 nitrogen and oxygen atoms in total. The molecule has 1 atom stereocenters. The Bertz CT molecular complexity index is 684. The summed E-state index contributed by atoms with van der Waals surface area (Å²) in [6.07, 6.45) is 6.87. The van der Waals surface area contributed by atoms with Gasteiger partial charge in [0.05, 0.1) is 10.8 Å². The molecule has 0 saturated carbocycles. The minimum absolute atomic E-state index is 0.0947. The Balaban J connectivity index is 2.02. The second kappa shape index (κ2) is 5.51. The number of hydrogen-bond acceptors (Lipinski definition) is 2. The van der Waals surface area contributed by atoms with E-state index in [1.54, 1.807) is 13.2 Å². The monoisotopic (exact) mass is 288 g/mol. The zero-order valence-corrected chi connectivity index (χ0v) is 12.3. The van der Waals surface area contributed by atoms with Crippen LogP contribution in [0.15, 0.2) is 30.9 Å². The summed E-state index contributed by atoms with van der Waals surface area (Å²) in [4.78, 5) is 1.01. The highest BCUT2D eigenvalue weighted by Gasteiger charge is 2.18. The molecule has 0 bridgehead atoms. The van der Waals surface area contributed by atoms with Crippen molar-refractivity contribution in [1.29, 1.82) is 0 Å². The molecule has 1 aliphatic rings. The van der Waals surface area contributed by atoms with Crippen molar-refractivity contribution in [2.75, 3.05) is 7.11 Å². The highest BCUT2D eigenvalue weighted by Crippen LogP contribution is 2.36. The Morgan fingerprint density at radius 3 is 2.95 bits per heavy atom. The minimum atomic E-state index is -0.0947. The number of allylic oxidation sites excluding steroid dienone is 1. The molecule has 1 aromatic heterocycles. The summed E-state index contributed by atoms with van der Waals surface area (Å²) >= 11 is 1.46. The molecule has 20 heavy (non-hydrogen) atoms. The molecule has 2 aromatic rings. The lowest BCUT2D eigenvalue weighted by molar-refractivity contribution is 0.0964. The van der Waals surface area contributed by atoms with Crippen LogP contribution in [0.2, 0.25) is 0 Å². The van der Waals surface area contributed by atoms with Gasteiger partial charge in [-0.05, 0) is 36.3 Å². The second-order valence-corrected chi connectivity index (χ2v) is 6.14. The van der Waals surface area contributed by atoms with E-state index in [1.807, 2.05) is 18.2 Å². The average molecular weight is 288 g/mol. The van der Waals surface area contributed by atoms with Crippen LogP contribution in [0.3, 0.4) is 0 Å². The third-order valence-corrected chi connectivity index (χ3v) is 5.03. The van der Waals surface area contributed by atoms with Gasteiger partial charge in [0.15, 0.2) is 0 Å². The first-order chi connectivity index (χ1) is 9.72. The van der Waals surface area contributed by atoms with Gasteiger partial charge < -0.3 is 4.74 Å². The Morgan fingerprint density at radius 1 is 1.45 bits per heavy atom. The number of methoxy groups -OCH3 is 1. The molecule has 0 aliphatic heterocycles. The van der Waals surface area contributed by atoms with Crippen LogP contribution in [0.4, 0.5) is 4.39 Å². The van der Waals surface area contributed by atoms with E-state index in [0.29, 0.717) is 0 Å². The fourth-order valence-corrected chi connectivity index (χ4v) is 3.66. The summed E-state index contributed by atoms with van der Waals surface area (Å²) in [5.74, 6) is -0.0947. The molecule has 3 heteroatoms. The van der Waals surface area contributed by atoms with Crippen molar-refractivity contribution in [2.45, 2.75) is 25.4 Å². The molecule has 0 saturated heterocycles. The van der Waals surface area contributed by atoms with Crippen molar-refractivity contribution in [2.24, 2.45) is 0 Å². The maximum atomic E-state index is 14.7. The Kier molecular flexibility index (Phi) is 3.72. The van der Waals surface area contributed by atoms with Crippen LogP contribution in [0.5, 0.6) is 0 Å². The summed E-state index contributed by atoms with van der Waals surface area (Å²) in [5, 5.41) is 0.956. The predicted octanol–water partition coefficient (Wildman–Crippen LogP) is 5.27. The van der Waals surface area contributed by atoms with Crippen LogP contribution in [0.1, 0.15) is 29.7 Å². The zero-order valence-electron chi connectivity index (χ0n) is 11.5. The smallest absolute Gasteiger partial charge is 0.148 e. The molecule has 3 rings (SSSR count). The van der Waals surface area contributed by atoms with Crippen molar-refractivity contribution in [3.63, 3.8) is 0 Å². The molecule has 0 fully saturated rings. The van der Waals surface area contributed by atoms with Crippen LogP contribution in [-0.4, -0.2) is 13.2 Å². The average Bonchev–Trinajstić information content (AvgIpc) is 2.92.